The van der Waals surface area contributed by atoms with Crippen molar-refractivity contribution in [1.29, 1.82) is 0 Å². The summed E-state index contributed by atoms with van der Waals surface area (Å²) in [5.41, 5.74) is 2.61. The van der Waals surface area contributed by atoms with E-state index in [-0.39, 0.29) is 12.6 Å². The van der Waals surface area contributed by atoms with E-state index in [0.29, 0.717) is 6.54 Å². The highest BCUT2D eigenvalue weighted by Crippen LogP contribution is 2.06. The third kappa shape index (κ3) is 4.12. The van der Waals surface area contributed by atoms with Gasteiger partial charge in [0.15, 0.2) is 0 Å². The molecular weight excluding hydrogens is 240 g/mol. The van der Waals surface area contributed by atoms with Crippen molar-refractivity contribution in [1.82, 2.24) is 5.32 Å². The fourth-order valence-electron chi connectivity index (χ4n) is 1.64. The van der Waals surface area contributed by atoms with Crippen molar-refractivity contribution in [2.75, 3.05) is 5.32 Å². The van der Waals surface area contributed by atoms with Gasteiger partial charge < -0.3 is 15.7 Å². The van der Waals surface area contributed by atoms with Gasteiger partial charge in [-0.1, -0.05) is 42.5 Å². The van der Waals surface area contributed by atoms with E-state index in [0.717, 1.165) is 16.8 Å². The van der Waals surface area contributed by atoms with Gasteiger partial charge in [0.25, 0.3) is 0 Å². The van der Waals surface area contributed by atoms with Gasteiger partial charge in [-0.05, 0) is 23.3 Å². The van der Waals surface area contributed by atoms with Crippen molar-refractivity contribution in [3.63, 3.8) is 0 Å². The summed E-state index contributed by atoms with van der Waals surface area (Å²) < 4.78 is 0. The lowest BCUT2D eigenvalue weighted by Crippen LogP contribution is -2.28. The Bertz CT molecular complexity index is 524. The highest BCUT2D eigenvalue weighted by atomic mass is 16.3. The van der Waals surface area contributed by atoms with Crippen LogP contribution in [0, 0.1) is 0 Å². The molecule has 0 aromatic heterocycles. The molecule has 0 atom stereocenters. The molecule has 2 aromatic carbocycles. The molecule has 0 radical (unpaired) electrons. The normalized spacial score (nSPS) is 9.95. The van der Waals surface area contributed by atoms with Gasteiger partial charge in [0.2, 0.25) is 0 Å². The molecule has 0 heterocycles. The van der Waals surface area contributed by atoms with Crippen LogP contribution in [0.2, 0.25) is 0 Å². The number of aliphatic hydroxyl groups is 1. The number of carbonyl (C=O) groups excluding carboxylic acids is 1. The summed E-state index contributed by atoms with van der Waals surface area (Å²) in [6.45, 7) is 0.479. The summed E-state index contributed by atoms with van der Waals surface area (Å²) in [6.07, 6.45) is 0. The molecule has 0 saturated carbocycles. The number of benzene rings is 2. The van der Waals surface area contributed by atoms with Crippen molar-refractivity contribution in [2.24, 2.45) is 0 Å². The van der Waals surface area contributed by atoms with Crippen LogP contribution >= 0.6 is 0 Å². The number of nitrogens with one attached hydrogen (secondary N) is 2. The first-order chi connectivity index (χ1) is 9.28. The maximum atomic E-state index is 11.6. The predicted molar refractivity (Wildman–Crippen MR) is 74.7 cm³/mol. The average molecular weight is 256 g/mol. The first kappa shape index (κ1) is 13.1. The quantitative estimate of drug-likeness (QED) is 0.787. The van der Waals surface area contributed by atoms with E-state index in [4.69, 9.17) is 5.11 Å². The number of hydrogen-bond acceptors (Lipinski definition) is 2. The molecule has 2 aromatic rings. The van der Waals surface area contributed by atoms with E-state index >= 15 is 0 Å². The van der Waals surface area contributed by atoms with Gasteiger partial charge in [-0.3, -0.25) is 0 Å². The lowest BCUT2D eigenvalue weighted by molar-refractivity contribution is 0.251. The first-order valence-electron chi connectivity index (χ1n) is 6.06. The second-order valence-corrected chi connectivity index (χ2v) is 4.15. The molecule has 0 fully saturated rings. The van der Waals surface area contributed by atoms with Crippen LogP contribution in [0.1, 0.15) is 11.1 Å². The standard InChI is InChI=1S/C15H16N2O2/c18-11-13-8-6-12(7-9-13)10-16-15(19)17-14-4-2-1-3-5-14/h1-9,18H,10-11H2,(H2,16,17,19). The third-order valence-electron chi connectivity index (χ3n) is 2.69. The molecule has 19 heavy (non-hydrogen) atoms. The van der Waals surface area contributed by atoms with E-state index in [1.807, 2.05) is 54.6 Å². The van der Waals surface area contributed by atoms with Crippen LogP contribution < -0.4 is 10.6 Å². The fourth-order valence-corrected chi connectivity index (χ4v) is 1.64. The van der Waals surface area contributed by atoms with Crippen LogP contribution in [0.25, 0.3) is 0 Å². The number of amides is 2. The molecule has 0 unspecified atom stereocenters. The minimum atomic E-state index is -0.238. The molecular formula is C15H16N2O2. The van der Waals surface area contributed by atoms with Crippen LogP contribution in [0.5, 0.6) is 0 Å². The topological polar surface area (TPSA) is 61.4 Å². The van der Waals surface area contributed by atoms with Crippen molar-refractivity contribution in [3.8, 4) is 0 Å². The van der Waals surface area contributed by atoms with Gasteiger partial charge in [0.1, 0.15) is 0 Å². The third-order valence-corrected chi connectivity index (χ3v) is 2.69. The van der Waals surface area contributed by atoms with Gasteiger partial charge in [-0.15, -0.1) is 0 Å². The van der Waals surface area contributed by atoms with Gasteiger partial charge in [0, 0.05) is 12.2 Å². The number of hydrogen-bond donors (Lipinski definition) is 3. The molecule has 3 N–H and O–H groups in total. The van der Waals surface area contributed by atoms with Crippen LogP contribution in [-0.2, 0) is 13.2 Å². The minimum Gasteiger partial charge on any atom is -0.392 e. The Morgan fingerprint density at radius 1 is 0.947 bits per heavy atom. The second kappa shape index (κ2) is 6.56. The summed E-state index contributed by atoms with van der Waals surface area (Å²) in [5.74, 6) is 0. The maximum absolute atomic E-state index is 11.6. The Labute approximate surface area is 112 Å². The summed E-state index contributed by atoms with van der Waals surface area (Å²) in [5, 5.41) is 14.4. The zero-order chi connectivity index (χ0) is 13.5. The van der Waals surface area contributed by atoms with Crippen LogP contribution in [0.15, 0.2) is 54.6 Å². The number of para-hydroxylation sites is 1. The second-order valence-electron chi connectivity index (χ2n) is 4.15. The molecule has 2 rings (SSSR count). The van der Waals surface area contributed by atoms with Crippen LogP contribution in [0.4, 0.5) is 10.5 Å². The zero-order valence-electron chi connectivity index (χ0n) is 10.5. The molecule has 0 spiro atoms. The van der Waals surface area contributed by atoms with Gasteiger partial charge in [-0.2, -0.15) is 0 Å². The van der Waals surface area contributed by atoms with Gasteiger partial charge in [-0.25, -0.2) is 4.79 Å². The molecule has 0 aliphatic heterocycles. The maximum Gasteiger partial charge on any atom is 0.319 e. The number of rotatable bonds is 4. The lowest BCUT2D eigenvalue weighted by atomic mass is 10.1. The number of anilines is 1. The number of aliphatic hydroxyl groups excluding tert-OH is 1. The summed E-state index contributed by atoms with van der Waals surface area (Å²) >= 11 is 0. The van der Waals surface area contributed by atoms with Crippen molar-refractivity contribution in [3.05, 3.63) is 65.7 Å². The Hall–Kier alpha value is -2.33. The summed E-state index contributed by atoms with van der Waals surface area (Å²) in [7, 11) is 0. The molecule has 0 aliphatic rings. The molecule has 98 valence electrons. The molecule has 0 saturated heterocycles. The SMILES string of the molecule is O=C(NCc1ccc(CO)cc1)Nc1ccccc1. The first-order valence-corrected chi connectivity index (χ1v) is 6.06. The largest absolute Gasteiger partial charge is 0.392 e. The van der Waals surface area contributed by atoms with Crippen molar-refractivity contribution < 1.29 is 9.90 Å². The zero-order valence-corrected chi connectivity index (χ0v) is 10.5. The smallest absolute Gasteiger partial charge is 0.319 e. The van der Waals surface area contributed by atoms with E-state index in [1.165, 1.54) is 0 Å². The monoisotopic (exact) mass is 256 g/mol. The number of urea groups is 1. The molecule has 0 aliphatic carbocycles. The molecule has 2 amide bonds. The Morgan fingerprint density at radius 2 is 1.58 bits per heavy atom. The van der Waals surface area contributed by atoms with Gasteiger partial charge in [0.05, 0.1) is 6.61 Å². The molecule has 0 bridgehead atoms. The Morgan fingerprint density at radius 3 is 2.21 bits per heavy atom. The average Bonchev–Trinajstić information content (AvgIpc) is 2.47. The minimum absolute atomic E-state index is 0.0300. The Kier molecular flexibility index (Phi) is 4.53. The summed E-state index contributed by atoms with van der Waals surface area (Å²) in [4.78, 5) is 11.6. The van der Waals surface area contributed by atoms with Gasteiger partial charge >= 0.3 is 6.03 Å². The summed E-state index contributed by atoms with van der Waals surface area (Å²) in [6, 6.07) is 16.5. The lowest BCUT2D eigenvalue weighted by Gasteiger charge is -2.08. The highest BCUT2D eigenvalue weighted by molar-refractivity contribution is 5.89. The van der Waals surface area contributed by atoms with Crippen molar-refractivity contribution in [2.45, 2.75) is 13.2 Å². The highest BCUT2D eigenvalue weighted by Gasteiger charge is 2.01. The van der Waals surface area contributed by atoms with E-state index in [1.54, 1.807) is 0 Å². The molecule has 4 nitrogen and oxygen atoms in total. The van der Waals surface area contributed by atoms with E-state index in [2.05, 4.69) is 10.6 Å². The van der Waals surface area contributed by atoms with Crippen molar-refractivity contribution >= 4 is 11.7 Å². The number of carbonyl (C=O) groups is 1. The Balaban J connectivity index is 1.83. The van der Waals surface area contributed by atoms with Crippen LogP contribution in [-0.4, -0.2) is 11.1 Å². The molecule has 4 heteroatoms. The van der Waals surface area contributed by atoms with E-state index < -0.39 is 0 Å². The van der Waals surface area contributed by atoms with E-state index in [9.17, 15) is 4.79 Å². The predicted octanol–water partition coefficient (Wildman–Crippen LogP) is 2.50. The van der Waals surface area contributed by atoms with Crippen LogP contribution in [0.3, 0.4) is 0 Å². The fraction of sp³-hybridized carbons (Fsp3) is 0.133.